The number of aryl methyl sites for hydroxylation is 1. The van der Waals surface area contributed by atoms with Crippen molar-refractivity contribution in [1.29, 1.82) is 0 Å². The number of sulfonamides is 1. The van der Waals surface area contributed by atoms with Gasteiger partial charge in [-0.05, 0) is 74.7 Å². The van der Waals surface area contributed by atoms with Crippen LogP contribution in [0.1, 0.15) is 25.0 Å². The van der Waals surface area contributed by atoms with Crippen molar-refractivity contribution >= 4 is 44.8 Å². The van der Waals surface area contributed by atoms with E-state index in [0.29, 0.717) is 16.7 Å². The lowest BCUT2D eigenvalue weighted by molar-refractivity contribution is 0.573. The van der Waals surface area contributed by atoms with Gasteiger partial charge in [0.05, 0.1) is 4.90 Å². The highest BCUT2D eigenvalue weighted by atomic mass is 35.5. The van der Waals surface area contributed by atoms with Crippen LogP contribution in [0, 0.1) is 6.92 Å². The van der Waals surface area contributed by atoms with Crippen molar-refractivity contribution in [2.24, 2.45) is 0 Å². The summed E-state index contributed by atoms with van der Waals surface area (Å²) in [5, 5.41) is 3.69. The van der Waals surface area contributed by atoms with Crippen LogP contribution in [-0.2, 0) is 10.0 Å². The molecule has 4 rings (SSSR count). The number of benzene rings is 2. The van der Waals surface area contributed by atoms with E-state index in [2.05, 4.69) is 24.9 Å². The summed E-state index contributed by atoms with van der Waals surface area (Å²) in [6, 6.07) is 15.0. The maximum Gasteiger partial charge on any atom is 0.261 e. The van der Waals surface area contributed by atoms with Gasteiger partial charge in [0.1, 0.15) is 5.82 Å². The van der Waals surface area contributed by atoms with Crippen molar-refractivity contribution in [3.63, 3.8) is 0 Å². The zero-order valence-corrected chi connectivity index (χ0v) is 18.7. The Morgan fingerprint density at radius 1 is 0.903 bits per heavy atom. The van der Waals surface area contributed by atoms with Gasteiger partial charge in [0.2, 0.25) is 5.95 Å². The third-order valence-corrected chi connectivity index (χ3v) is 6.69. The topological polar surface area (TPSA) is 87.2 Å². The number of nitrogens with one attached hydrogen (secondary N) is 2. The minimum Gasteiger partial charge on any atom is -0.356 e. The average molecular weight is 458 g/mol. The Morgan fingerprint density at radius 3 is 2.23 bits per heavy atom. The Balaban J connectivity index is 1.46. The molecule has 1 fully saturated rings. The van der Waals surface area contributed by atoms with Gasteiger partial charge >= 0.3 is 0 Å². The lowest BCUT2D eigenvalue weighted by Gasteiger charge is -2.28. The molecule has 0 spiro atoms. The molecule has 1 aliphatic heterocycles. The molecule has 0 aliphatic carbocycles. The number of hydrogen-bond acceptors (Lipinski definition) is 6. The minimum atomic E-state index is -3.68. The van der Waals surface area contributed by atoms with Crippen molar-refractivity contribution in [1.82, 2.24) is 9.97 Å². The van der Waals surface area contributed by atoms with Gasteiger partial charge in [-0.25, -0.2) is 13.4 Å². The van der Waals surface area contributed by atoms with Gasteiger partial charge < -0.3 is 10.2 Å². The molecular formula is C22H24ClN5O2S. The lowest BCUT2D eigenvalue weighted by Crippen LogP contribution is -2.30. The van der Waals surface area contributed by atoms with Crippen LogP contribution in [0.2, 0.25) is 5.02 Å². The van der Waals surface area contributed by atoms with E-state index in [1.54, 1.807) is 36.4 Å². The largest absolute Gasteiger partial charge is 0.356 e. The fraction of sp³-hybridized carbons (Fsp3) is 0.273. The van der Waals surface area contributed by atoms with Gasteiger partial charge in [-0.1, -0.05) is 11.6 Å². The van der Waals surface area contributed by atoms with Gasteiger partial charge in [-0.2, -0.15) is 4.98 Å². The number of nitrogens with zero attached hydrogens (tertiary/aromatic N) is 3. The fourth-order valence-electron chi connectivity index (χ4n) is 3.47. The first kappa shape index (κ1) is 21.4. The first-order valence-electron chi connectivity index (χ1n) is 10.2. The summed E-state index contributed by atoms with van der Waals surface area (Å²) in [4.78, 5) is 11.6. The summed E-state index contributed by atoms with van der Waals surface area (Å²) in [5.74, 6) is 1.46. The van der Waals surface area contributed by atoms with Crippen molar-refractivity contribution in [2.45, 2.75) is 31.1 Å². The number of aromatic nitrogens is 2. The summed E-state index contributed by atoms with van der Waals surface area (Å²) in [6.45, 7) is 3.98. The molecule has 2 heterocycles. The van der Waals surface area contributed by atoms with E-state index in [0.717, 1.165) is 30.3 Å². The van der Waals surface area contributed by atoms with Gasteiger partial charge in [0, 0.05) is 41.2 Å². The summed E-state index contributed by atoms with van der Waals surface area (Å²) >= 11 is 5.83. The van der Waals surface area contributed by atoms with Crippen LogP contribution in [0.5, 0.6) is 0 Å². The smallest absolute Gasteiger partial charge is 0.261 e. The van der Waals surface area contributed by atoms with Gasteiger partial charge in [0.15, 0.2) is 0 Å². The predicted molar refractivity (Wildman–Crippen MR) is 125 cm³/mol. The normalized spacial score (nSPS) is 14.3. The number of piperidine rings is 1. The van der Waals surface area contributed by atoms with Crippen molar-refractivity contribution in [2.75, 3.05) is 28.0 Å². The Morgan fingerprint density at radius 2 is 1.55 bits per heavy atom. The highest BCUT2D eigenvalue weighted by Crippen LogP contribution is 2.23. The average Bonchev–Trinajstić information content (AvgIpc) is 2.75. The molecule has 1 aliphatic rings. The molecule has 9 heteroatoms. The van der Waals surface area contributed by atoms with Crippen molar-refractivity contribution < 1.29 is 8.42 Å². The molecule has 0 amide bonds. The SMILES string of the molecule is Cc1cc(N2CCCCC2)nc(Nc2ccc(NS(=O)(=O)c3ccc(Cl)cc3)cc2)n1. The molecular weight excluding hydrogens is 434 g/mol. The Hall–Kier alpha value is -2.84. The van der Waals surface area contributed by atoms with Gasteiger partial charge in [-0.15, -0.1) is 0 Å². The van der Waals surface area contributed by atoms with Gasteiger partial charge in [0.25, 0.3) is 10.0 Å². The zero-order chi connectivity index (χ0) is 21.8. The maximum atomic E-state index is 12.5. The van der Waals surface area contributed by atoms with Crippen LogP contribution in [0.25, 0.3) is 0 Å². The maximum absolute atomic E-state index is 12.5. The monoisotopic (exact) mass is 457 g/mol. The van der Waals surface area contributed by atoms with E-state index in [1.165, 1.54) is 31.4 Å². The molecule has 0 unspecified atom stereocenters. The molecule has 0 bridgehead atoms. The molecule has 1 saturated heterocycles. The van der Waals surface area contributed by atoms with Crippen LogP contribution >= 0.6 is 11.6 Å². The molecule has 0 radical (unpaired) electrons. The van der Waals surface area contributed by atoms with E-state index in [4.69, 9.17) is 11.6 Å². The third-order valence-electron chi connectivity index (χ3n) is 5.04. The van der Waals surface area contributed by atoms with Gasteiger partial charge in [-0.3, -0.25) is 4.72 Å². The van der Waals surface area contributed by atoms with E-state index < -0.39 is 10.0 Å². The van der Waals surface area contributed by atoms with E-state index >= 15 is 0 Å². The van der Waals surface area contributed by atoms with Crippen LogP contribution in [0.3, 0.4) is 0 Å². The molecule has 2 aromatic carbocycles. The third kappa shape index (κ3) is 5.45. The number of halogens is 1. The quantitative estimate of drug-likeness (QED) is 0.543. The summed E-state index contributed by atoms with van der Waals surface area (Å²) < 4.78 is 27.6. The summed E-state index contributed by atoms with van der Waals surface area (Å²) in [7, 11) is -3.68. The van der Waals surface area contributed by atoms with E-state index in [9.17, 15) is 8.42 Å². The van der Waals surface area contributed by atoms with Crippen LogP contribution in [0.15, 0.2) is 59.5 Å². The van der Waals surface area contributed by atoms with Crippen molar-refractivity contribution in [3.05, 3.63) is 65.3 Å². The molecule has 162 valence electrons. The molecule has 2 N–H and O–H groups in total. The standard InChI is InChI=1S/C22H24ClN5O2S/c1-16-15-21(28-13-3-2-4-14-28)26-22(24-16)25-18-7-9-19(10-8-18)27-31(29,30)20-11-5-17(23)6-12-20/h5-12,15,27H,2-4,13-14H2,1H3,(H,24,25,26). The highest BCUT2D eigenvalue weighted by Gasteiger charge is 2.15. The molecule has 3 aromatic rings. The predicted octanol–water partition coefficient (Wildman–Crippen LogP) is 4.97. The second kappa shape index (κ2) is 9.11. The van der Waals surface area contributed by atoms with Crippen LogP contribution in [-0.4, -0.2) is 31.5 Å². The summed E-state index contributed by atoms with van der Waals surface area (Å²) in [5.41, 5.74) is 2.12. The Labute approximate surface area is 187 Å². The fourth-order valence-corrected chi connectivity index (χ4v) is 4.66. The minimum absolute atomic E-state index is 0.150. The molecule has 1 aromatic heterocycles. The molecule has 0 saturated carbocycles. The Kier molecular flexibility index (Phi) is 6.29. The number of hydrogen-bond donors (Lipinski definition) is 2. The first-order valence-corrected chi connectivity index (χ1v) is 12.0. The molecule has 0 atom stereocenters. The zero-order valence-electron chi connectivity index (χ0n) is 17.2. The first-order chi connectivity index (χ1) is 14.9. The van der Waals surface area contributed by atoms with Crippen LogP contribution in [0.4, 0.5) is 23.1 Å². The van der Waals surface area contributed by atoms with Crippen molar-refractivity contribution in [3.8, 4) is 0 Å². The van der Waals surface area contributed by atoms with E-state index in [1.807, 2.05) is 13.0 Å². The Bertz CT molecular complexity index is 1150. The lowest BCUT2D eigenvalue weighted by atomic mass is 10.1. The van der Waals surface area contributed by atoms with Crippen LogP contribution < -0.4 is 14.9 Å². The number of anilines is 4. The summed E-state index contributed by atoms with van der Waals surface area (Å²) in [6.07, 6.45) is 3.62. The molecule has 7 nitrogen and oxygen atoms in total. The second-order valence-corrected chi connectivity index (χ2v) is 9.62. The van der Waals surface area contributed by atoms with E-state index in [-0.39, 0.29) is 4.90 Å². The molecule has 31 heavy (non-hydrogen) atoms. The number of rotatable bonds is 6. The highest BCUT2D eigenvalue weighted by molar-refractivity contribution is 7.92. The second-order valence-electron chi connectivity index (χ2n) is 7.50.